The lowest BCUT2D eigenvalue weighted by atomic mass is 9.87. The molecule has 2 heterocycles. The number of aliphatic hydroxyl groups is 6. The van der Waals surface area contributed by atoms with Crippen molar-refractivity contribution in [1.29, 1.82) is 0 Å². The number of phenolic OH excluding ortho intramolecular Hbond substituents is 3. The lowest BCUT2D eigenvalue weighted by Crippen LogP contribution is -2.64. The number of hydrogen-bond acceptors (Lipinski definition) is 14. The van der Waals surface area contributed by atoms with E-state index < -0.39 is 85.4 Å². The van der Waals surface area contributed by atoms with Gasteiger partial charge in [0.1, 0.15) is 65.9 Å². The number of aliphatic hydroxyl groups excluding tert-OH is 6. The van der Waals surface area contributed by atoms with Gasteiger partial charge in [-0.05, 0) is 24.6 Å². The Morgan fingerprint density at radius 1 is 0.854 bits per heavy atom. The number of aromatic hydroxyl groups is 3. The minimum absolute atomic E-state index is 0.00328. The van der Waals surface area contributed by atoms with E-state index >= 15 is 0 Å². The van der Waals surface area contributed by atoms with Crippen molar-refractivity contribution in [3.63, 3.8) is 0 Å². The van der Waals surface area contributed by atoms with Crippen molar-refractivity contribution in [2.45, 2.75) is 80.7 Å². The Hall–Kier alpha value is -3.05. The van der Waals surface area contributed by atoms with Crippen LogP contribution < -0.4 is 4.74 Å². The molecule has 4 rings (SSSR count). The van der Waals surface area contributed by atoms with Crippen molar-refractivity contribution in [1.82, 2.24) is 0 Å². The van der Waals surface area contributed by atoms with Gasteiger partial charge in [0.05, 0.1) is 12.7 Å². The molecule has 0 aliphatic carbocycles. The zero-order chi connectivity index (χ0) is 30.0. The molecule has 2 saturated heterocycles. The molecule has 0 radical (unpaired) electrons. The zero-order valence-electron chi connectivity index (χ0n) is 21.9. The van der Waals surface area contributed by atoms with E-state index in [0.29, 0.717) is 11.8 Å². The third-order valence-corrected chi connectivity index (χ3v) is 7.26. The molecule has 41 heavy (non-hydrogen) atoms. The molecule has 0 spiro atoms. The number of phenols is 3. The fourth-order valence-corrected chi connectivity index (χ4v) is 4.96. The molecule has 0 aromatic heterocycles. The fourth-order valence-electron chi connectivity index (χ4n) is 4.96. The van der Waals surface area contributed by atoms with Crippen LogP contribution >= 0.6 is 0 Å². The summed E-state index contributed by atoms with van der Waals surface area (Å²) in [7, 11) is 0. The Morgan fingerprint density at radius 3 is 2.07 bits per heavy atom. The highest BCUT2D eigenvalue weighted by Gasteiger charge is 2.51. The second kappa shape index (κ2) is 12.9. The number of carbonyl (C=O) groups excluding carboxylic acids is 1. The van der Waals surface area contributed by atoms with E-state index in [1.165, 1.54) is 31.2 Å². The minimum Gasteiger partial charge on any atom is -0.508 e. The van der Waals surface area contributed by atoms with Crippen LogP contribution in [0.15, 0.2) is 36.4 Å². The fraction of sp³-hybridized carbons (Fsp3) is 0.519. The van der Waals surface area contributed by atoms with Crippen LogP contribution in [0.5, 0.6) is 23.0 Å². The van der Waals surface area contributed by atoms with Crippen LogP contribution in [-0.2, 0) is 19.0 Å². The van der Waals surface area contributed by atoms with Gasteiger partial charge in [-0.15, -0.1) is 0 Å². The maximum absolute atomic E-state index is 11.4. The highest BCUT2D eigenvalue weighted by atomic mass is 16.8. The Labute approximate surface area is 234 Å². The number of ether oxygens (including phenoxy) is 4. The molecule has 2 aromatic rings. The summed E-state index contributed by atoms with van der Waals surface area (Å²) in [5.74, 6) is -1.94. The summed E-state index contributed by atoms with van der Waals surface area (Å²) >= 11 is 0. The summed E-state index contributed by atoms with van der Waals surface area (Å²) in [5.41, 5.74) is 0.519. The molecule has 226 valence electrons. The molecule has 14 heteroatoms. The van der Waals surface area contributed by atoms with Crippen LogP contribution in [0.25, 0.3) is 0 Å². The number of hydrogen-bond donors (Lipinski definition) is 9. The Kier molecular flexibility index (Phi) is 9.69. The van der Waals surface area contributed by atoms with E-state index in [1.54, 1.807) is 0 Å². The van der Waals surface area contributed by atoms with Crippen LogP contribution in [0.3, 0.4) is 0 Å². The maximum Gasteiger partial charge on any atom is 0.229 e. The summed E-state index contributed by atoms with van der Waals surface area (Å²) in [4.78, 5) is 11.4. The summed E-state index contributed by atoms with van der Waals surface area (Å²) in [6, 6.07) is 8.06. The smallest absolute Gasteiger partial charge is 0.229 e. The van der Waals surface area contributed by atoms with Crippen molar-refractivity contribution in [3.05, 3.63) is 47.5 Å². The monoisotopic (exact) mass is 582 g/mol. The normalized spacial score (nSPS) is 34.6. The number of benzene rings is 2. The highest BCUT2D eigenvalue weighted by Crippen LogP contribution is 2.43. The molecule has 0 bridgehead atoms. The number of rotatable bonds is 9. The average molecular weight is 583 g/mol. The van der Waals surface area contributed by atoms with Gasteiger partial charge in [-0.3, -0.25) is 0 Å². The van der Waals surface area contributed by atoms with Gasteiger partial charge in [0, 0.05) is 30.0 Å². The highest BCUT2D eigenvalue weighted by molar-refractivity contribution is 5.60. The molecule has 11 atom stereocenters. The van der Waals surface area contributed by atoms with E-state index in [9.17, 15) is 50.8 Å². The molecule has 1 unspecified atom stereocenters. The van der Waals surface area contributed by atoms with Gasteiger partial charge in [0.25, 0.3) is 0 Å². The van der Waals surface area contributed by atoms with Crippen molar-refractivity contribution in [2.24, 2.45) is 0 Å². The van der Waals surface area contributed by atoms with Crippen molar-refractivity contribution < 1.29 is 69.7 Å². The average Bonchev–Trinajstić information content (AvgIpc) is 2.93. The van der Waals surface area contributed by atoms with Crippen LogP contribution in [0, 0.1) is 0 Å². The molecule has 9 N–H and O–H groups in total. The summed E-state index contributed by atoms with van der Waals surface area (Å²) in [6.45, 7) is 0.683. The standard InChI is InChI=1S/C27H34O14/c1-11-20(33)22(35)24(37)26(38-11)41-25-23(36)21(34)18(10-29)40-27(25)39-14-8-16(31)19(17(32)9-14)15(6-7-28)12-2-4-13(30)5-3-12/h2-5,7-9,11,15,18,20-27,29-37H,6,10H2,1H3/t11-,15?,18-,20-,21-,22+,23+,24+,25-,26+,27-/m1/s1. The quantitative estimate of drug-likeness (QED) is 0.154. The first-order valence-electron chi connectivity index (χ1n) is 12.9. The second-order valence-corrected chi connectivity index (χ2v) is 10.0. The summed E-state index contributed by atoms with van der Waals surface area (Å²) in [5, 5.41) is 92.5. The predicted molar refractivity (Wildman–Crippen MR) is 136 cm³/mol. The van der Waals surface area contributed by atoms with Gasteiger partial charge in [0.2, 0.25) is 6.29 Å². The van der Waals surface area contributed by atoms with E-state index in [4.69, 9.17) is 18.9 Å². The zero-order valence-corrected chi connectivity index (χ0v) is 21.9. The third kappa shape index (κ3) is 6.40. The Bertz CT molecular complexity index is 1150. The van der Waals surface area contributed by atoms with Gasteiger partial charge < -0.3 is 69.7 Å². The van der Waals surface area contributed by atoms with Gasteiger partial charge in [-0.25, -0.2) is 0 Å². The molecule has 0 amide bonds. The Morgan fingerprint density at radius 2 is 1.49 bits per heavy atom. The second-order valence-electron chi connectivity index (χ2n) is 10.0. The van der Waals surface area contributed by atoms with Crippen molar-refractivity contribution >= 4 is 6.29 Å². The topological polar surface area (TPSA) is 236 Å². The van der Waals surface area contributed by atoms with Crippen LogP contribution in [0.2, 0.25) is 0 Å². The van der Waals surface area contributed by atoms with Gasteiger partial charge in [0.15, 0.2) is 12.4 Å². The lowest BCUT2D eigenvalue weighted by molar-refractivity contribution is -0.354. The van der Waals surface area contributed by atoms with Gasteiger partial charge >= 0.3 is 0 Å². The molecule has 2 fully saturated rings. The molecular formula is C27H34O14. The molecule has 0 saturated carbocycles. The largest absolute Gasteiger partial charge is 0.508 e. The minimum atomic E-state index is -1.77. The van der Waals surface area contributed by atoms with Crippen molar-refractivity contribution in [2.75, 3.05) is 6.61 Å². The number of aldehydes is 1. The first-order chi connectivity index (χ1) is 19.5. The summed E-state index contributed by atoms with van der Waals surface area (Å²) in [6.07, 6.45) is -14.9. The molecule has 2 aliphatic heterocycles. The van der Waals surface area contributed by atoms with E-state index in [1.807, 2.05) is 0 Å². The van der Waals surface area contributed by atoms with Crippen LogP contribution in [0.4, 0.5) is 0 Å². The SMILES string of the molecule is C[C@H]1O[C@@H](O[C@H]2[C@H](Oc3cc(O)c(C(CC=O)c4ccc(O)cc4)c(O)c3)O[C@H](CO)[C@@H](O)[C@@H]2O)[C@@H](O)[C@@H](O)[C@@H]1O. The molecule has 2 aliphatic rings. The van der Waals surface area contributed by atoms with Gasteiger partial charge in [-0.2, -0.15) is 0 Å². The van der Waals surface area contributed by atoms with E-state index in [0.717, 1.165) is 12.1 Å². The van der Waals surface area contributed by atoms with Crippen LogP contribution in [0.1, 0.15) is 30.4 Å². The van der Waals surface area contributed by atoms with E-state index in [-0.39, 0.29) is 23.5 Å². The summed E-state index contributed by atoms with van der Waals surface area (Å²) < 4.78 is 22.4. The van der Waals surface area contributed by atoms with Gasteiger partial charge in [-0.1, -0.05) is 12.1 Å². The first-order valence-corrected chi connectivity index (χ1v) is 12.9. The Balaban J connectivity index is 1.62. The molecule has 2 aromatic carbocycles. The third-order valence-electron chi connectivity index (χ3n) is 7.26. The number of carbonyl (C=O) groups is 1. The maximum atomic E-state index is 11.4. The lowest BCUT2D eigenvalue weighted by Gasteiger charge is -2.45. The molecular weight excluding hydrogens is 548 g/mol. The predicted octanol–water partition coefficient (Wildman–Crippen LogP) is -1.45. The van der Waals surface area contributed by atoms with Crippen LogP contribution in [-0.4, -0.2) is 120 Å². The first kappa shape index (κ1) is 30.9. The molecule has 14 nitrogen and oxygen atoms in total. The van der Waals surface area contributed by atoms with E-state index in [2.05, 4.69) is 0 Å². The van der Waals surface area contributed by atoms with Crippen molar-refractivity contribution in [3.8, 4) is 23.0 Å².